The van der Waals surface area contributed by atoms with Crippen LogP contribution in [-0.4, -0.2) is 6.54 Å². The van der Waals surface area contributed by atoms with Gasteiger partial charge in [-0.1, -0.05) is 52.0 Å². The Kier molecular flexibility index (Phi) is 6.25. The first-order chi connectivity index (χ1) is 9.00. The van der Waals surface area contributed by atoms with Crippen LogP contribution in [0.25, 0.3) is 10.4 Å². The molecule has 110 valence electrons. The van der Waals surface area contributed by atoms with Gasteiger partial charge in [0.2, 0.25) is 0 Å². The molecule has 2 aromatic rings. The van der Waals surface area contributed by atoms with E-state index in [-0.39, 0.29) is 17.8 Å². The molecule has 0 saturated carbocycles. The fraction of sp³-hybridized carbons (Fsp3) is 0.412. The van der Waals surface area contributed by atoms with Gasteiger partial charge in [-0.15, -0.1) is 23.7 Å². The highest BCUT2D eigenvalue weighted by atomic mass is 35.5. The van der Waals surface area contributed by atoms with E-state index in [4.69, 9.17) is 0 Å². The Bertz CT molecular complexity index is 523. The summed E-state index contributed by atoms with van der Waals surface area (Å²) >= 11 is 1.88. The number of benzene rings is 1. The van der Waals surface area contributed by atoms with Crippen molar-refractivity contribution in [1.82, 2.24) is 5.32 Å². The summed E-state index contributed by atoms with van der Waals surface area (Å²) in [5.41, 5.74) is 2.94. The van der Waals surface area contributed by atoms with E-state index in [0.29, 0.717) is 0 Å². The van der Waals surface area contributed by atoms with Crippen molar-refractivity contribution in [3.8, 4) is 10.4 Å². The maximum Gasteiger partial charge on any atom is 0.0346 e. The highest BCUT2D eigenvalue weighted by Gasteiger charge is 2.13. The summed E-state index contributed by atoms with van der Waals surface area (Å²) in [6, 6.07) is 13.4. The molecule has 1 nitrogen and oxygen atoms in total. The SMILES string of the molecule is CCNCc1ccc(-c2ccc(C(C)(C)C)cc2)s1.Cl. The predicted molar refractivity (Wildman–Crippen MR) is 93.1 cm³/mol. The molecule has 0 aliphatic rings. The van der Waals surface area contributed by atoms with Gasteiger partial charge in [-0.2, -0.15) is 0 Å². The molecular formula is C17H24ClNS. The van der Waals surface area contributed by atoms with Crippen molar-refractivity contribution >= 4 is 23.7 Å². The molecule has 0 bridgehead atoms. The molecule has 1 aromatic heterocycles. The minimum absolute atomic E-state index is 0. The largest absolute Gasteiger partial charge is 0.312 e. The number of rotatable bonds is 4. The van der Waals surface area contributed by atoms with Gasteiger partial charge in [-0.05, 0) is 35.2 Å². The molecule has 0 fully saturated rings. The van der Waals surface area contributed by atoms with Crippen molar-refractivity contribution in [3.63, 3.8) is 0 Å². The molecule has 20 heavy (non-hydrogen) atoms. The minimum atomic E-state index is 0. The normalized spacial score (nSPS) is 11.2. The molecule has 0 amide bonds. The lowest BCUT2D eigenvalue weighted by molar-refractivity contribution is 0.590. The third kappa shape index (κ3) is 4.34. The Morgan fingerprint density at radius 2 is 1.65 bits per heavy atom. The lowest BCUT2D eigenvalue weighted by atomic mass is 9.86. The molecule has 0 unspecified atom stereocenters. The van der Waals surface area contributed by atoms with Gasteiger partial charge in [0.1, 0.15) is 0 Å². The van der Waals surface area contributed by atoms with Crippen LogP contribution in [0, 0.1) is 0 Å². The molecule has 0 atom stereocenters. The molecule has 3 heteroatoms. The third-order valence-electron chi connectivity index (χ3n) is 3.25. The van der Waals surface area contributed by atoms with Gasteiger partial charge in [-0.25, -0.2) is 0 Å². The summed E-state index contributed by atoms with van der Waals surface area (Å²) in [7, 11) is 0. The fourth-order valence-corrected chi connectivity index (χ4v) is 2.99. The predicted octanol–water partition coefficient (Wildman–Crippen LogP) is 5.24. The second-order valence-corrected chi connectivity index (χ2v) is 7.04. The van der Waals surface area contributed by atoms with Crippen molar-refractivity contribution in [2.75, 3.05) is 6.54 Å². The Balaban J connectivity index is 0.00000200. The van der Waals surface area contributed by atoms with Crippen molar-refractivity contribution < 1.29 is 0 Å². The standard InChI is InChI=1S/C17H23NS.ClH/c1-5-18-12-15-10-11-16(19-15)13-6-8-14(9-7-13)17(2,3)4;/h6-11,18H,5,12H2,1-4H3;1H. The molecule has 1 N–H and O–H groups in total. The van der Waals surface area contributed by atoms with Crippen LogP contribution in [0.3, 0.4) is 0 Å². The van der Waals surface area contributed by atoms with E-state index in [9.17, 15) is 0 Å². The topological polar surface area (TPSA) is 12.0 Å². The number of hydrogen-bond acceptors (Lipinski definition) is 2. The molecule has 0 radical (unpaired) electrons. The van der Waals surface area contributed by atoms with Crippen LogP contribution >= 0.6 is 23.7 Å². The van der Waals surface area contributed by atoms with E-state index in [2.05, 4.69) is 69.4 Å². The first-order valence-corrected chi connectivity index (χ1v) is 7.72. The fourth-order valence-electron chi connectivity index (χ4n) is 2.01. The van der Waals surface area contributed by atoms with E-state index in [1.54, 1.807) is 0 Å². The summed E-state index contributed by atoms with van der Waals surface area (Å²) in [6.07, 6.45) is 0. The van der Waals surface area contributed by atoms with Gasteiger partial charge >= 0.3 is 0 Å². The van der Waals surface area contributed by atoms with Gasteiger partial charge in [0.05, 0.1) is 0 Å². The van der Waals surface area contributed by atoms with E-state index in [1.165, 1.54) is 20.9 Å². The zero-order valence-corrected chi connectivity index (χ0v) is 14.3. The van der Waals surface area contributed by atoms with E-state index in [0.717, 1.165) is 13.1 Å². The van der Waals surface area contributed by atoms with Crippen molar-refractivity contribution in [1.29, 1.82) is 0 Å². The summed E-state index contributed by atoms with van der Waals surface area (Å²) in [5, 5.41) is 3.37. The van der Waals surface area contributed by atoms with Crippen molar-refractivity contribution in [3.05, 3.63) is 46.8 Å². The van der Waals surface area contributed by atoms with Gasteiger partial charge in [0.15, 0.2) is 0 Å². The van der Waals surface area contributed by atoms with Crippen LogP contribution < -0.4 is 5.32 Å². The maximum absolute atomic E-state index is 3.37. The number of nitrogens with one attached hydrogen (secondary N) is 1. The van der Waals surface area contributed by atoms with Crippen LogP contribution in [0.2, 0.25) is 0 Å². The smallest absolute Gasteiger partial charge is 0.0346 e. The lowest BCUT2D eigenvalue weighted by Crippen LogP contribution is -2.10. The average molecular weight is 310 g/mol. The highest BCUT2D eigenvalue weighted by Crippen LogP contribution is 2.30. The minimum Gasteiger partial charge on any atom is -0.312 e. The Hall–Kier alpha value is -0.830. The average Bonchev–Trinajstić information content (AvgIpc) is 2.84. The Morgan fingerprint density at radius 1 is 1.00 bits per heavy atom. The number of halogens is 1. The van der Waals surface area contributed by atoms with Gasteiger partial charge in [-0.3, -0.25) is 0 Å². The van der Waals surface area contributed by atoms with Crippen molar-refractivity contribution in [2.45, 2.75) is 39.7 Å². The summed E-state index contributed by atoms with van der Waals surface area (Å²) in [5.74, 6) is 0. The summed E-state index contributed by atoms with van der Waals surface area (Å²) in [4.78, 5) is 2.75. The van der Waals surface area contributed by atoms with E-state index >= 15 is 0 Å². The molecule has 1 heterocycles. The van der Waals surface area contributed by atoms with Crippen LogP contribution in [-0.2, 0) is 12.0 Å². The molecular weight excluding hydrogens is 286 g/mol. The molecule has 0 aliphatic carbocycles. The second-order valence-electron chi connectivity index (χ2n) is 5.87. The monoisotopic (exact) mass is 309 g/mol. The zero-order valence-electron chi connectivity index (χ0n) is 12.7. The second kappa shape index (κ2) is 7.26. The molecule has 0 aliphatic heterocycles. The van der Waals surface area contributed by atoms with Gasteiger partial charge in [0.25, 0.3) is 0 Å². The molecule has 0 saturated heterocycles. The molecule has 2 rings (SSSR count). The van der Waals surface area contributed by atoms with Gasteiger partial charge in [0, 0.05) is 16.3 Å². The Morgan fingerprint density at radius 3 is 2.20 bits per heavy atom. The quantitative estimate of drug-likeness (QED) is 0.814. The number of hydrogen-bond donors (Lipinski definition) is 1. The zero-order chi connectivity index (χ0) is 13.9. The van der Waals surface area contributed by atoms with Crippen LogP contribution in [0.4, 0.5) is 0 Å². The van der Waals surface area contributed by atoms with E-state index in [1.807, 2.05) is 11.3 Å². The first kappa shape index (κ1) is 17.2. The van der Waals surface area contributed by atoms with Crippen molar-refractivity contribution in [2.24, 2.45) is 0 Å². The Labute approximate surface area is 132 Å². The lowest BCUT2D eigenvalue weighted by Gasteiger charge is -2.18. The van der Waals surface area contributed by atoms with Crippen LogP contribution in [0.5, 0.6) is 0 Å². The third-order valence-corrected chi connectivity index (χ3v) is 4.38. The molecule has 1 aromatic carbocycles. The van der Waals surface area contributed by atoms with Crippen LogP contribution in [0.15, 0.2) is 36.4 Å². The summed E-state index contributed by atoms with van der Waals surface area (Å²) in [6.45, 7) is 10.9. The van der Waals surface area contributed by atoms with Gasteiger partial charge < -0.3 is 5.32 Å². The van der Waals surface area contributed by atoms with E-state index < -0.39 is 0 Å². The number of thiophene rings is 1. The summed E-state index contributed by atoms with van der Waals surface area (Å²) < 4.78 is 0. The van der Waals surface area contributed by atoms with Crippen LogP contribution in [0.1, 0.15) is 38.1 Å². The maximum atomic E-state index is 3.37. The highest BCUT2D eigenvalue weighted by molar-refractivity contribution is 7.15. The first-order valence-electron chi connectivity index (χ1n) is 6.91. The molecule has 0 spiro atoms.